The molecule has 2 aromatic heterocycles. The maximum atomic E-state index is 5.26. The average molecular weight is 306 g/mol. The van der Waals surface area contributed by atoms with Gasteiger partial charge in [0, 0.05) is 32.0 Å². The zero-order valence-electron chi connectivity index (χ0n) is 12.8. The van der Waals surface area contributed by atoms with E-state index < -0.39 is 0 Å². The molecule has 6 nitrogen and oxygen atoms in total. The zero-order chi connectivity index (χ0) is 15.2. The lowest BCUT2D eigenvalue weighted by Gasteiger charge is -2.11. The van der Waals surface area contributed by atoms with Gasteiger partial charge in [-0.05, 0) is 44.6 Å². The first-order chi connectivity index (χ1) is 10.1. The van der Waals surface area contributed by atoms with E-state index in [2.05, 4.69) is 33.8 Å². The van der Waals surface area contributed by atoms with Crippen molar-refractivity contribution < 1.29 is 0 Å². The van der Waals surface area contributed by atoms with Gasteiger partial charge in [-0.1, -0.05) is 0 Å². The van der Waals surface area contributed by atoms with Crippen LogP contribution >= 0.6 is 12.2 Å². The van der Waals surface area contributed by atoms with Crippen LogP contribution in [0.4, 0.5) is 0 Å². The van der Waals surface area contributed by atoms with Gasteiger partial charge in [0.05, 0.1) is 17.9 Å². The molecule has 2 N–H and O–H groups in total. The highest BCUT2D eigenvalue weighted by atomic mass is 32.1. The Morgan fingerprint density at radius 3 is 2.76 bits per heavy atom. The quantitative estimate of drug-likeness (QED) is 0.622. The van der Waals surface area contributed by atoms with Crippen LogP contribution in [0.5, 0.6) is 0 Å². The van der Waals surface area contributed by atoms with Crippen LogP contribution in [0.1, 0.15) is 23.5 Å². The number of hydrogen-bond acceptors (Lipinski definition) is 3. The molecule has 2 heterocycles. The molecule has 2 aromatic rings. The van der Waals surface area contributed by atoms with Crippen LogP contribution in [-0.4, -0.2) is 31.2 Å². The highest BCUT2D eigenvalue weighted by Crippen LogP contribution is 2.02. The molecule has 2 rings (SSSR count). The number of hydrogen-bond donors (Lipinski definition) is 2. The molecule has 0 aromatic carbocycles. The molecule has 0 saturated carbocycles. The van der Waals surface area contributed by atoms with E-state index in [0.29, 0.717) is 11.7 Å². The van der Waals surface area contributed by atoms with E-state index in [-0.39, 0.29) is 0 Å². The third-order valence-electron chi connectivity index (χ3n) is 3.29. The second-order valence-corrected chi connectivity index (χ2v) is 5.47. The van der Waals surface area contributed by atoms with Gasteiger partial charge in [0.15, 0.2) is 5.11 Å². The van der Waals surface area contributed by atoms with Gasteiger partial charge in [-0.3, -0.25) is 9.36 Å². The van der Waals surface area contributed by atoms with Crippen molar-refractivity contribution in [3.05, 3.63) is 35.4 Å². The molecule has 0 aliphatic heterocycles. The average Bonchev–Trinajstić information content (AvgIpc) is 2.98. The molecule has 0 aliphatic carbocycles. The molecular formula is C14H22N6S. The minimum absolute atomic E-state index is 0.671. The Morgan fingerprint density at radius 1 is 1.33 bits per heavy atom. The number of thiocarbonyl (C=S) groups is 1. The Balaban J connectivity index is 1.63. The predicted octanol–water partition coefficient (Wildman–Crippen LogP) is 1.29. The summed E-state index contributed by atoms with van der Waals surface area (Å²) >= 11 is 5.26. The second-order valence-electron chi connectivity index (χ2n) is 5.06. The Bertz CT molecular complexity index is 600. The van der Waals surface area contributed by atoms with Crippen LogP contribution in [-0.2, 0) is 20.1 Å². The molecule has 0 bridgehead atoms. The van der Waals surface area contributed by atoms with E-state index in [0.717, 1.165) is 30.9 Å². The maximum Gasteiger partial charge on any atom is 0.166 e. The number of aromatic nitrogens is 4. The van der Waals surface area contributed by atoms with E-state index >= 15 is 0 Å². The third kappa shape index (κ3) is 4.56. The highest BCUT2D eigenvalue weighted by Gasteiger charge is 2.02. The summed E-state index contributed by atoms with van der Waals surface area (Å²) in [6.45, 7) is 6.50. The molecule has 0 aliphatic rings. The molecular weight excluding hydrogens is 284 g/mol. The van der Waals surface area contributed by atoms with Gasteiger partial charge in [0.1, 0.15) is 0 Å². The third-order valence-corrected chi connectivity index (χ3v) is 3.58. The van der Waals surface area contributed by atoms with Gasteiger partial charge in [-0.15, -0.1) is 0 Å². The van der Waals surface area contributed by atoms with Crippen LogP contribution in [0.3, 0.4) is 0 Å². The molecule has 114 valence electrons. The summed E-state index contributed by atoms with van der Waals surface area (Å²) in [5, 5.41) is 15.6. The smallest absolute Gasteiger partial charge is 0.166 e. The largest absolute Gasteiger partial charge is 0.363 e. The number of rotatable bonds is 6. The molecule has 0 fully saturated rings. The SMILES string of the molecule is Cc1cc(C)n(CCCNC(=S)NCc2ccnn2C)n1. The lowest BCUT2D eigenvalue weighted by Crippen LogP contribution is -2.36. The Morgan fingerprint density at radius 2 is 2.14 bits per heavy atom. The Labute approximate surface area is 130 Å². The topological polar surface area (TPSA) is 59.7 Å². The van der Waals surface area contributed by atoms with Gasteiger partial charge in [0.25, 0.3) is 0 Å². The van der Waals surface area contributed by atoms with Crippen molar-refractivity contribution in [2.24, 2.45) is 7.05 Å². The summed E-state index contributed by atoms with van der Waals surface area (Å²) in [7, 11) is 1.92. The number of nitrogens with zero attached hydrogens (tertiary/aromatic N) is 4. The van der Waals surface area contributed by atoms with Gasteiger partial charge in [-0.2, -0.15) is 10.2 Å². The monoisotopic (exact) mass is 306 g/mol. The van der Waals surface area contributed by atoms with E-state index in [1.54, 1.807) is 6.20 Å². The second kappa shape index (κ2) is 7.21. The number of nitrogens with one attached hydrogen (secondary N) is 2. The Hall–Kier alpha value is -1.89. The summed E-state index contributed by atoms with van der Waals surface area (Å²) < 4.78 is 3.86. The molecule has 0 saturated heterocycles. The van der Waals surface area contributed by atoms with E-state index in [1.165, 1.54) is 5.69 Å². The first kappa shape index (κ1) is 15.5. The number of aryl methyl sites for hydroxylation is 4. The Kier molecular flexibility index (Phi) is 5.32. The predicted molar refractivity (Wildman–Crippen MR) is 87.0 cm³/mol. The van der Waals surface area contributed by atoms with Crippen molar-refractivity contribution in [1.29, 1.82) is 0 Å². The fourth-order valence-electron chi connectivity index (χ4n) is 2.14. The van der Waals surface area contributed by atoms with E-state index in [4.69, 9.17) is 12.2 Å². The molecule has 0 atom stereocenters. The van der Waals surface area contributed by atoms with Crippen LogP contribution in [0.25, 0.3) is 0 Å². The van der Waals surface area contributed by atoms with Crippen LogP contribution < -0.4 is 10.6 Å². The summed E-state index contributed by atoms with van der Waals surface area (Å²) in [5.74, 6) is 0. The molecule has 0 spiro atoms. The fourth-order valence-corrected chi connectivity index (χ4v) is 2.31. The van der Waals surface area contributed by atoms with Crippen LogP contribution in [0.15, 0.2) is 18.3 Å². The van der Waals surface area contributed by atoms with Crippen molar-refractivity contribution in [2.45, 2.75) is 33.4 Å². The van der Waals surface area contributed by atoms with Gasteiger partial charge in [0.2, 0.25) is 0 Å². The van der Waals surface area contributed by atoms with Gasteiger partial charge < -0.3 is 10.6 Å². The molecule has 0 radical (unpaired) electrons. The minimum atomic E-state index is 0.671. The van der Waals surface area contributed by atoms with Crippen molar-refractivity contribution in [3.63, 3.8) is 0 Å². The van der Waals surface area contributed by atoms with E-state index in [9.17, 15) is 0 Å². The summed E-state index contributed by atoms with van der Waals surface area (Å²) in [4.78, 5) is 0. The maximum absolute atomic E-state index is 5.26. The normalized spacial score (nSPS) is 10.6. The van der Waals surface area contributed by atoms with Crippen molar-refractivity contribution in [2.75, 3.05) is 6.54 Å². The van der Waals surface area contributed by atoms with Crippen LogP contribution in [0.2, 0.25) is 0 Å². The highest BCUT2D eigenvalue weighted by molar-refractivity contribution is 7.80. The van der Waals surface area contributed by atoms with Gasteiger partial charge >= 0.3 is 0 Å². The van der Waals surface area contributed by atoms with Crippen molar-refractivity contribution in [1.82, 2.24) is 30.2 Å². The van der Waals surface area contributed by atoms with Crippen LogP contribution in [0, 0.1) is 13.8 Å². The lowest BCUT2D eigenvalue weighted by atomic mass is 10.4. The van der Waals surface area contributed by atoms with Crippen molar-refractivity contribution in [3.8, 4) is 0 Å². The zero-order valence-corrected chi connectivity index (χ0v) is 13.6. The molecule has 7 heteroatoms. The first-order valence-corrected chi connectivity index (χ1v) is 7.46. The fraction of sp³-hybridized carbons (Fsp3) is 0.500. The molecule has 0 unspecified atom stereocenters. The van der Waals surface area contributed by atoms with Gasteiger partial charge in [-0.25, -0.2) is 0 Å². The molecule has 21 heavy (non-hydrogen) atoms. The van der Waals surface area contributed by atoms with E-state index in [1.807, 2.05) is 29.4 Å². The standard InChI is InChI=1S/C14H22N6S/c1-11-9-12(2)20(18-11)8-4-6-15-14(21)16-10-13-5-7-17-19(13)3/h5,7,9H,4,6,8,10H2,1-3H3,(H2,15,16,21). The summed E-state index contributed by atoms with van der Waals surface area (Å²) in [6.07, 6.45) is 2.76. The molecule has 0 amide bonds. The van der Waals surface area contributed by atoms with Crippen molar-refractivity contribution >= 4 is 17.3 Å². The first-order valence-electron chi connectivity index (χ1n) is 7.06. The lowest BCUT2D eigenvalue weighted by molar-refractivity contribution is 0.556. The minimum Gasteiger partial charge on any atom is -0.363 e. The summed E-state index contributed by atoms with van der Waals surface area (Å²) in [6, 6.07) is 4.06. The summed E-state index contributed by atoms with van der Waals surface area (Å²) in [5.41, 5.74) is 3.36.